The summed E-state index contributed by atoms with van der Waals surface area (Å²) in [6.07, 6.45) is 1.96. The van der Waals surface area contributed by atoms with Gasteiger partial charge in [0, 0.05) is 26.7 Å². The molecule has 1 aliphatic rings. The Balaban J connectivity index is 2.27. The number of hydrogen-bond acceptors (Lipinski definition) is 5. The van der Waals surface area contributed by atoms with Gasteiger partial charge in [0.2, 0.25) is 5.91 Å². The second-order valence-corrected chi connectivity index (χ2v) is 4.47. The monoisotopic (exact) mass is 260 g/mol. The number of likely N-dealkylation sites (tertiary alicyclic amines) is 1. The molecule has 106 valence electrons. The summed E-state index contributed by atoms with van der Waals surface area (Å²) in [5.41, 5.74) is 5.50. The van der Waals surface area contributed by atoms with Crippen LogP contribution in [0.2, 0.25) is 0 Å². The van der Waals surface area contributed by atoms with Crippen molar-refractivity contribution in [1.29, 1.82) is 0 Å². The maximum Gasteiger partial charge on any atom is 0.225 e. The van der Waals surface area contributed by atoms with Gasteiger partial charge in [0.1, 0.15) is 0 Å². The Hall–Kier alpha value is -0.690. The lowest BCUT2D eigenvalue weighted by Crippen LogP contribution is -2.43. The van der Waals surface area contributed by atoms with Gasteiger partial charge < -0.3 is 25.2 Å². The van der Waals surface area contributed by atoms with E-state index in [9.17, 15) is 4.79 Å². The summed E-state index contributed by atoms with van der Waals surface area (Å²) < 4.78 is 10.6. The number of piperidine rings is 1. The molecular weight excluding hydrogens is 236 g/mol. The molecule has 18 heavy (non-hydrogen) atoms. The van der Waals surface area contributed by atoms with Gasteiger partial charge in [0.15, 0.2) is 0 Å². The van der Waals surface area contributed by atoms with Crippen LogP contribution in [0.1, 0.15) is 19.3 Å². The number of carbonyl (C=O) groups is 1. The van der Waals surface area contributed by atoms with Crippen LogP contribution in [0.3, 0.4) is 0 Å². The van der Waals surface area contributed by atoms with Gasteiger partial charge in [0.25, 0.3) is 0 Å². The zero-order valence-electron chi connectivity index (χ0n) is 11.0. The number of aliphatic hydroxyl groups excluding tert-OH is 1. The van der Waals surface area contributed by atoms with Crippen LogP contribution in [0.4, 0.5) is 0 Å². The molecule has 0 aliphatic carbocycles. The lowest BCUT2D eigenvalue weighted by Gasteiger charge is -2.32. The molecule has 0 saturated carbocycles. The molecule has 0 spiro atoms. The average Bonchev–Trinajstić information content (AvgIpc) is 2.42. The van der Waals surface area contributed by atoms with Gasteiger partial charge >= 0.3 is 0 Å². The molecule has 1 atom stereocenters. The number of nitrogens with zero attached hydrogens (tertiary/aromatic N) is 1. The van der Waals surface area contributed by atoms with Gasteiger partial charge in [-0.3, -0.25) is 4.79 Å². The minimum absolute atomic E-state index is 0.0468. The van der Waals surface area contributed by atoms with Crippen LogP contribution >= 0.6 is 0 Å². The van der Waals surface area contributed by atoms with Gasteiger partial charge in [-0.05, 0) is 12.8 Å². The molecule has 0 aromatic heterocycles. The number of carbonyl (C=O) groups excluding carboxylic acids is 1. The van der Waals surface area contributed by atoms with Gasteiger partial charge in [-0.1, -0.05) is 0 Å². The van der Waals surface area contributed by atoms with E-state index < -0.39 is 0 Å². The van der Waals surface area contributed by atoms with Crippen molar-refractivity contribution in [2.75, 3.05) is 40.0 Å². The summed E-state index contributed by atoms with van der Waals surface area (Å²) in [6, 6.07) is 0. The van der Waals surface area contributed by atoms with Crippen LogP contribution < -0.4 is 5.73 Å². The van der Waals surface area contributed by atoms with E-state index >= 15 is 0 Å². The number of amides is 1. The maximum atomic E-state index is 12.0. The minimum Gasteiger partial charge on any atom is -0.394 e. The molecule has 1 fully saturated rings. The number of aliphatic hydroxyl groups is 1. The summed E-state index contributed by atoms with van der Waals surface area (Å²) in [5, 5.41) is 8.68. The number of nitrogens with two attached hydrogens (primary N) is 1. The normalized spacial score (nSPS) is 18.9. The molecule has 0 radical (unpaired) electrons. The number of rotatable bonds is 7. The maximum absolute atomic E-state index is 12.0. The van der Waals surface area contributed by atoms with E-state index in [1.165, 1.54) is 0 Å². The molecule has 1 rings (SSSR count). The fourth-order valence-electron chi connectivity index (χ4n) is 2.08. The first-order chi connectivity index (χ1) is 8.71. The molecular formula is C12H24N2O4. The van der Waals surface area contributed by atoms with Gasteiger partial charge in [-0.2, -0.15) is 0 Å². The third-order valence-electron chi connectivity index (χ3n) is 3.24. The highest BCUT2D eigenvalue weighted by molar-refractivity contribution is 5.76. The third kappa shape index (κ3) is 4.89. The standard InChI is InChI=1S/C12H24N2O4/c1-17-11(9-13)8-12(16)14-4-2-10(3-5-14)18-7-6-15/h10-11,15H,2-9,13H2,1H3. The number of methoxy groups -OCH3 is 1. The van der Waals surface area contributed by atoms with Crippen LogP contribution in [0, 0.1) is 0 Å². The zero-order chi connectivity index (χ0) is 13.4. The van der Waals surface area contributed by atoms with Crippen molar-refractivity contribution < 1.29 is 19.4 Å². The Morgan fingerprint density at radius 1 is 1.50 bits per heavy atom. The molecule has 0 bridgehead atoms. The zero-order valence-corrected chi connectivity index (χ0v) is 11.0. The molecule has 1 aliphatic heterocycles. The van der Waals surface area contributed by atoms with Crippen LogP contribution in [0.15, 0.2) is 0 Å². The van der Waals surface area contributed by atoms with E-state index in [2.05, 4.69) is 0 Å². The van der Waals surface area contributed by atoms with Crippen molar-refractivity contribution in [2.24, 2.45) is 5.73 Å². The Morgan fingerprint density at radius 3 is 2.67 bits per heavy atom. The number of hydrogen-bond donors (Lipinski definition) is 2. The van der Waals surface area contributed by atoms with E-state index in [0.29, 0.717) is 32.7 Å². The van der Waals surface area contributed by atoms with Crippen LogP contribution in [-0.2, 0) is 14.3 Å². The quantitative estimate of drug-likeness (QED) is 0.635. The SMILES string of the molecule is COC(CN)CC(=O)N1CCC(OCCO)CC1. The number of ether oxygens (including phenoxy) is 2. The Bertz CT molecular complexity index is 238. The predicted molar refractivity (Wildman–Crippen MR) is 67.1 cm³/mol. The van der Waals surface area contributed by atoms with Crippen LogP contribution in [-0.4, -0.2) is 68.1 Å². The smallest absolute Gasteiger partial charge is 0.225 e. The van der Waals surface area contributed by atoms with Gasteiger partial charge in [-0.25, -0.2) is 0 Å². The van der Waals surface area contributed by atoms with E-state index in [1.54, 1.807) is 7.11 Å². The van der Waals surface area contributed by atoms with Crippen molar-refractivity contribution in [1.82, 2.24) is 4.90 Å². The van der Waals surface area contributed by atoms with E-state index in [1.807, 2.05) is 4.90 Å². The van der Waals surface area contributed by atoms with E-state index in [4.69, 9.17) is 20.3 Å². The van der Waals surface area contributed by atoms with Crippen LogP contribution in [0.25, 0.3) is 0 Å². The first kappa shape index (κ1) is 15.4. The Kier molecular flexibility index (Phi) is 7.19. The van der Waals surface area contributed by atoms with Crippen molar-refractivity contribution in [3.63, 3.8) is 0 Å². The summed E-state index contributed by atoms with van der Waals surface area (Å²) in [5.74, 6) is 0.0907. The minimum atomic E-state index is -0.194. The molecule has 0 aromatic rings. The molecule has 3 N–H and O–H groups in total. The highest BCUT2D eigenvalue weighted by atomic mass is 16.5. The second-order valence-electron chi connectivity index (χ2n) is 4.47. The topological polar surface area (TPSA) is 85.0 Å². The summed E-state index contributed by atoms with van der Waals surface area (Å²) in [7, 11) is 1.57. The molecule has 1 heterocycles. The highest BCUT2D eigenvalue weighted by Gasteiger charge is 2.24. The molecule has 6 nitrogen and oxygen atoms in total. The van der Waals surface area contributed by atoms with Gasteiger partial charge in [0.05, 0.1) is 31.8 Å². The second kappa shape index (κ2) is 8.42. The van der Waals surface area contributed by atoms with Crippen LogP contribution in [0.5, 0.6) is 0 Å². The fraction of sp³-hybridized carbons (Fsp3) is 0.917. The third-order valence-corrected chi connectivity index (χ3v) is 3.24. The van der Waals surface area contributed by atoms with Crippen molar-refractivity contribution in [3.8, 4) is 0 Å². The van der Waals surface area contributed by atoms with Crippen molar-refractivity contribution >= 4 is 5.91 Å². The predicted octanol–water partition coefficient (Wildman–Crippen LogP) is -0.650. The molecule has 1 amide bonds. The average molecular weight is 260 g/mol. The van der Waals surface area contributed by atoms with Crippen molar-refractivity contribution in [2.45, 2.75) is 31.5 Å². The lowest BCUT2D eigenvalue weighted by atomic mass is 10.1. The lowest BCUT2D eigenvalue weighted by molar-refractivity contribution is -0.136. The summed E-state index contributed by atoms with van der Waals surface area (Å²) >= 11 is 0. The van der Waals surface area contributed by atoms with E-state index in [-0.39, 0.29) is 24.7 Å². The Morgan fingerprint density at radius 2 is 2.17 bits per heavy atom. The summed E-state index contributed by atoms with van der Waals surface area (Å²) in [6.45, 7) is 2.19. The van der Waals surface area contributed by atoms with Crippen molar-refractivity contribution in [3.05, 3.63) is 0 Å². The highest BCUT2D eigenvalue weighted by Crippen LogP contribution is 2.15. The Labute approximate surface area is 108 Å². The fourth-order valence-corrected chi connectivity index (χ4v) is 2.08. The molecule has 0 aromatic carbocycles. The first-order valence-electron chi connectivity index (χ1n) is 6.44. The first-order valence-corrected chi connectivity index (χ1v) is 6.44. The van der Waals surface area contributed by atoms with Gasteiger partial charge in [-0.15, -0.1) is 0 Å². The largest absolute Gasteiger partial charge is 0.394 e. The summed E-state index contributed by atoms with van der Waals surface area (Å²) in [4.78, 5) is 13.8. The van der Waals surface area contributed by atoms with E-state index in [0.717, 1.165) is 12.8 Å². The molecule has 1 unspecified atom stereocenters. The molecule has 1 saturated heterocycles. The molecule has 6 heteroatoms.